The fourth-order valence-corrected chi connectivity index (χ4v) is 2.24. The van der Waals surface area contributed by atoms with Gasteiger partial charge in [0.25, 0.3) is 0 Å². The van der Waals surface area contributed by atoms with E-state index in [0.29, 0.717) is 25.2 Å². The van der Waals surface area contributed by atoms with Crippen LogP contribution in [0.3, 0.4) is 0 Å². The summed E-state index contributed by atoms with van der Waals surface area (Å²) < 4.78 is 0. The topological polar surface area (TPSA) is 87.7 Å². The number of anilines is 1. The van der Waals surface area contributed by atoms with Crippen molar-refractivity contribution in [2.75, 3.05) is 18.4 Å². The normalized spacial score (nSPS) is 13.3. The van der Waals surface area contributed by atoms with Crippen molar-refractivity contribution >= 4 is 28.0 Å². The number of nitrogens with two attached hydrogens (primary N) is 1. The summed E-state index contributed by atoms with van der Waals surface area (Å²) >= 11 is 1.47. The van der Waals surface area contributed by atoms with Gasteiger partial charge in [0, 0.05) is 12.3 Å². The van der Waals surface area contributed by atoms with Gasteiger partial charge in [0.15, 0.2) is 6.04 Å². The fourth-order valence-electron chi connectivity index (χ4n) is 1.59. The molecule has 18 heavy (non-hydrogen) atoms. The Hall–Kier alpha value is -1.40. The SMILES string of the molecule is CCN=C(CCCN)[C@H](Nc1cccs1)C(=O)O. The van der Waals surface area contributed by atoms with Gasteiger partial charge in [-0.2, -0.15) is 0 Å². The number of rotatable bonds is 8. The summed E-state index contributed by atoms with van der Waals surface area (Å²) in [6.45, 7) is 3.01. The van der Waals surface area contributed by atoms with Gasteiger partial charge < -0.3 is 16.2 Å². The first-order valence-corrected chi connectivity index (χ1v) is 6.83. The monoisotopic (exact) mass is 269 g/mol. The van der Waals surface area contributed by atoms with Crippen LogP contribution in [-0.2, 0) is 4.79 Å². The minimum atomic E-state index is -0.910. The standard InChI is InChI=1S/C12H19N3O2S/c1-2-14-9(5-3-7-13)11(12(16)17)15-10-6-4-8-18-10/h4,6,8,11,15H,2-3,5,7,13H2,1H3,(H,16,17)/t11-/m0/s1. The van der Waals surface area contributed by atoms with Crippen molar-refractivity contribution in [3.05, 3.63) is 17.5 Å². The summed E-state index contributed by atoms with van der Waals surface area (Å²) in [7, 11) is 0. The predicted molar refractivity (Wildman–Crippen MR) is 75.6 cm³/mol. The highest BCUT2D eigenvalue weighted by Crippen LogP contribution is 2.17. The maximum Gasteiger partial charge on any atom is 0.332 e. The van der Waals surface area contributed by atoms with Crippen LogP contribution in [0.5, 0.6) is 0 Å². The molecule has 0 aliphatic rings. The Labute approximate surface area is 111 Å². The fraction of sp³-hybridized carbons (Fsp3) is 0.500. The third kappa shape index (κ3) is 4.46. The molecule has 0 radical (unpaired) electrons. The van der Waals surface area contributed by atoms with E-state index in [4.69, 9.17) is 5.73 Å². The predicted octanol–water partition coefficient (Wildman–Crippen LogP) is 1.81. The zero-order valence-corrected chi connectivity index (χ0v) is 11.2. The average Bonchev–Trinajstić information content (AvgIpc) is 2.84. The van der Waals surface area contributed by atoms with Crippen LogP contribution in [0.15, 0.2) is 22.5 Å². The molecule has 1 aromatic rings. The summed E-state index contributed by atoms with van der Waals surface area (Å²) in [5.74, 6) is -0.910. The maximum atomic E-state index is 11.3. The molecule has 0 amide bonds. The second-order valence-electron chi connectivity index (χ2n) is 3.75. The molecule has 100 valence electrons. The Morgan fingerprint density at radius 1 is 1.67 bits per heavy atom. The number of aliphatic imine (C=N–C) groups is 1. The average molecular weight is 269 g/mol. The highest BCUT2D eigenvalue weighted by atomic mass is 32.1. The molecule has 1 rings (SSSR count). The third-order valence-electron chi connectivity index (χ3n) is 2.39. The molecule has 0 saturated heterocycles. The van der Waals surface area contributed by atoms with Crippen molar-refractivity contribution in [1.29, 1.82) is 0 Å². The van der Waals surface area contributed by atoms with E-state index < -0.39 is 12.0 Å². The molecule has 0 aliphatic heterocycles. The lowest BCUT2D eigenvalue weighted by Crippen LogP contribution is -2.37. The quantitative estimate of drug-likeness (QED) is 0.628. The van der Waals surface area contributed by atoms with Gasteiger partial charge in [0.1, 0.15) is 0 Å². The van der Waals surface area contributed by atoms with Crippen LogP contribution < -0.4 is 11.1 Å². The van der Waals surface area contributed by atoms with Crippen LogP contribution in [0, 0.1) is 0 Å². The summed E-state index contributed by atoms with van der Waals surface area (Å²) in [6, 6.07) is 2.96. The molecule has 0 fully saturated rings. The molecular weight excluding hydrogens is 250 g/mol. The first-order chi connectivity index (χ1) is 8.69. The maximum absolute atomic E-state index is 11.3. The molecule has 0 bridgehead atoms. The zero-order valence-electron chi connectivity index (χ0n) is 10.4. The summed E-state index contributed by atoms with van der Waals surface area (Å²) in [5, 5.41) is 15.0. The number of aliphatic carboxylic acids is 1. The van der Waals surface area contributed by atoms with Gasteiger partial charge in [0.2, 0.25) is 0 Å². The number of nitrogens with one attached hydrogen (secondary N) is 1. The Morgan fingerprint density at radius 3 is 2.94 bits per heavy atom. The van der Waals surface area contributed by atoms with Gasteiger partial charge in [-0.1, -0.05) is 0 Å². The van der Waals surface area contributed by atoms with Crippen LogP contribution in [0.2, 0.25) is 0 Å². The van der Waals surface area contributed by atoms with Crippen molar-refractivity contribution in [2.24, 2.45) is 10.7 Å². The molecule has 0 aromatic carbocycles. The van der Waals surface area contributed by atoms with E-state index in [9.17, 15) is 9.90 Å². The molecule has 6 heteroatoms. The molecule has 5 nitrogen and oxygen atoms in total. The number of carboxylic acids is 1. The molecular formula is C12H19N3O2S. The van der Waals surface area contributed by atoms with E-state index in [0.717, 1.165) is 11.4 Å². The molecule has 0 saturated carbocycles. The van der Waals surface area contributed by atoms with Gasteiger partial charge >= 0.3 is 5.97 Å². The van der Waals surface area contributed by atoms with Crippen molar-refractivity contribution in [1.82, 2.24) is 0 Å². The van der Waals surface area contributed by atoms with Gasteiger partial charge in [-0.05, 0) is 43.8 Å². The minimum Gasteiger partial charge on any atom is -0.479 e. The van der Waals surface area contributed by atoms with E-state index in [-0.39, 0.29) is 0 Å². The molecule has 0 unspecified atom stereocenters. The number of carboxylic acid groups (broad SMARTS) is 1. The Kier molecular flexibility index (Phi) is 6.38. The molecule has 1 aromatic heterocycles. The van der Waals surface area contributed by atoms with Crippen molar-refractivity contribution in [2.45, 2.75) is 25.8 Å². The zero-order chi connectivity index (χ0) is 13.4. The molecule has 0 spiro atoms. The molecule has 1 heterocycles. The lowest BCUT2D eigenvalue weighted by Gasteiger charge is -2.17. The van der Waals surface area contributed by atoms with Crippen LogP contribution >= 0.6 is 11.3 Å². The van der Waals surface area contributed by atoms with Crippen molar-refractivity contribution < 1.29 is 9.90 Å². The van der Waals surface area contributed by atoms with Crippen LogP contribution in [0.1, 0.15) is 19.8 Å². The van der Waals surface area contributed by atoms with Gasteiger partial charge in [-0.15, -0.1) is 11.3 Å². The van der Waals surface area contributed by atoms with Crippen molar-refractivity contribution in [3.63, 3.8) is 0 Å². The highest BCUT2D eigenvalue weighted by molar-refractivity contribution is 7.14. The Balaban J connectivity index is 2.80. The minimum absolute atomic E-state index is 0.536. The van der Waals surface area contributed by atoms with Crippen molar-refractivity contribution in [3.8, 4) is 0 Å². The number of thiophene rings is 1. The smallest absolute Gasteiger partial charge is 0.332 e. The Bertz CT molecular complexity index is 390. The highest BCUT2D eigenvalue weighted by Gasteiger charge is 2.23. The molecule has 0 aliphatic carbocycles. The molecule has 4 N–H and O–H groups in total. The third-order valence-corrected chi connectivity index (χ3v) is 3.19. The summed E-state index contributed by atoms with van der Waals surface area (Å²) in [4.78, 5) is 15.6. The van der Waals surface area contributed by atoms with Gasteiger partial charge in [-0.3, -0.25) is 4.99 Å². The second-order valence-corrected chi connectivity index (χ2v) is 4.70. The number of carbonyl (C=O) groups is 1. The van der Waals surface area contributed by atoms with E-state index in [2.05, 4.69) is 10.3 Å². The van der Waals surface area contributed by atoms with Crippen LogP contribution in [0.4, 0.5) is 5.00 Å². The van der Waals surface area contributed by atoms with E-state index >= 15 is 0 Å². The number of hydrogen-bond acceptors (Lipinski definition) is 5. The first kappa shape index (κ1) is 14.7. The number of nitrogens with zero attached hydrogens (tertiary/aromatic N) is 1. The van der Waals surface area contributed by atoms with E-state index in [1.165, 1.54) is 11.3 Å². The van der Waals surface area contributed by atoms with E-state index in [1.807, 2.05) is 24.4 Å². The van der Waals surface area contributed by atoms with E-state index in [1.54, 1.807) is 0 Å². The van der Waals surface area contributed by atoms with Crippen LogP contribution in [0.25, 0.3) is 0 Å². The summed E-state index contributed by atoms with van der Waals surface area (Å²) in [5.41, 5.74) is 6.12. The molecule has 1 atom stereocenters. The lowest BCUT2D eigenvalue weighted by molar-refractivity contribution is -0.136. The number of hydrogen-bond donors (Lipinski definition) is 3. The van der Waals surface area contributed by atoms with Crippen LogP contribution in [-0.4, -0.2) is 35.9 Å². The first-order valence-electron chi connectivity index (χ1n) is 5.95. The largest absolute Gasteiger partial charge is 0.479 e. The Morgan fingerprint density at radius 2 is 2.44 bits per heavy atom. The van der Waals surface area contributed by atoms with Gasteiger partial charge in [-0.25, -0.2) is 4.79 Å². The van der Waals surface area contributed by atoms with Gasteiger partial charge in [0.05, 0.1) is 5.00 Å². The second kappa shape index (κ2) is 7.84. The lowest BCUT2D eigenvalue weighted by atomic mass is 10.1. The summed E-state index contributed by atoms with van der Waals surface area (Å²) in [6.07, 6.45) is 1.36.